The monoisotopic (exact) mass is 312 g/mol. The Hall–Kier alpha value is -0.820. The van der Waals surface area contributed by atoms with E-state index in [2.05, 4.69) is 35.1 Å². The fraction of sp³-hybridized carbons (Fsp3) is 0.875. The number of rotatable bonds is 2. The second kappa shape index (κ2) is 10.0. The lowest BCUT2D eigenvalue weighted by atomic mass is 9.96. The van der Waals surface area contributed by atoms with Gasteiger partial charge in [-0.3, -0.25) is 9.59 Å². The fourth-order valence-corrected chi connectivity index (χ4v) is 2.92. The molecule has 4 N–H and O–H groups in total. The zero-order chi connectivity index (χ0) is 16.5. The number of carbonyl (C=O) groups is 2. The fourth-order valence-electron chi connectivity index (χ4n) is 2.92. The van der Waals surface area contributed by atoms with Gasteiger partial charge in [0.25, 0.3) is 0 Å². The zero-order valence-corrected chi connectivity index (χ0v) is 14.4. The molecule has 0 aromatic rings. The Kier molecular flexibility index (Phi) is 8.78. The number of hydrogen-bond acceptors (Lipinski definition) is 6. The van der Waals surface area contributed by atoms with Crippen LogP contribution in [-0.2, 0) is 9.59 Å². The summed E-state index contributed by atoms with van der Waals surface area (Å²) in [6.07, 6.45) is 0. The Labute approximate surface area is 134 Å². The minimum atomic E-state index is -0.00895. The van der Waals surface area contributed by atoms with Crippen LogP contribution in [0.15, 0.2) is 0 Å². The van der Waals surface area contributed by atoms with Crippen LogP contribution in [0.5, 0.6) is 0 Å². The van der Waals surface area contributed by atoms with E-state index in [1.165, 1.54) is 0 Å². The molecule has 0 aromatic heterocycles. The SMILES string of the molecule is CC(=O)C1CNCCNCC(C(C)=O)C(C)NCCNC1C. The molecule has 1 aliphatic heterocycles. The molecular weight excluding hydrogens is 280 g/mol. The van der Waals surface area contributed by atoms with Gasteiger partial charge in [0, 0.05) is 63.2 Å². The predicted molar refractivity (Wildman–Crippen MR) is 89.0 cm³/mol. The topological polar surface area (TPSA) is 82.3 Å². The molecule has 1 saturated heterocycles. The molecule has 128 valence electrons. The lowest BCUT2D eigenvalue weighted by molar-refractivity contribution is -0.122. The molecule has 0 spiro atoms. The maximum Gasteiger partial charge on any atom is 0.135 e. The first-order valence-corrected chi connectivity index (χ1v) is 8.32. The van der Waals surface area contributed by atoms with Gasteiger partial charge in [-0.15, -0.1) is 0 Å². The summed E-state index contributed by atoms with van der Waals surface area (Å²) >= 11 is 0. The molecule has 0 saturated carbocycles. The first-order chi connectivity index (χ1) is 10.4. The number of ketones is 2. The van der Waals surface area contributed by atoms with Gasteiger partial charge in [0.05, 0.1) is 0 Å². The molecule has 0 aliphatic carbocycles. The summed E-state index contributed by atoms with van der Waals surface area (Å²) in [6.45, 7) is 12.0. The van der Waals surface area contributed by atoms with Crippen molar-refractivity contribution in [1.82, 2.24) is 21.3 Å². The highest BCUT2D eigenvalue weighted by molar-refractivity contribution is 5.79. The van der Waals surface area contributed by atoms with Crippen LogP contribution in [0, 0.1) is 11.8 Å². The Balaban J connectivity index is 2.61. The van der Waals surface area contributed by atoms with Crippen molar-refractivity contribution >= 4 is 11.6 Å². The van der Waals surface area contributed by atoms with Crippen molar-refractivity contribution in [3.63, 3.8) is 0 Å². The van der Waals surface area contributed by atoms with Crippen LogP contribution >= 0.6 is 0 Å². The van der Waals surface area contributed by atoms with Gasteiger partial charge in [0.2, 0.25) is 0 Å². The van der Waals surface area contributed by atoms with Crippen LogP contribution in [-0.4, -0.2) is 62.9 Å². The molecule has 0 bridgehead atoms. The Bertz CT molecular complexity index is 328. The van der Waals surface area contributed by atoms with Crippen molar-refractivity contribution in [1.29, 1.82) is 0 Å². The summed E-state index contributed by atoms with van der Waals surface area (Å²) in [7, 11) is 0. The standard InChI is InChI=1S/C16H32N4O2/c1-11-15(13(3)21)9-17-5-6-18-10-16(14(4)22)12(2)20-8-7-19-11/h11-12,15-20H,5-10H2,1-4H3. The van der Waals surface area contributed by atoms with E-state index in [9.17, 15) is 9.59 Å². The third kappa shape index (κ3) is 6.52. The number of nitrogens with one attached hydrogen (secondary N) is 4. The van der Waals surface area contributed by atoms with Crippen molar-refractivity contribution in [3.05, 3.63) is 0 Å². The van der Waals surface area contributed by atoms with Crippen LogP contribution in [0.3, 0.4) is 0 Å². The molecule has 6 heteroatoms. The molecule has 0 aromatic carbocycles. The Morgan fingerprint density at radius 1 is 0.727 bits per heavy atom. The minimum absolute atomic E-state index is 0.00895. The van der Waals surface area contributed by atoms with E-state index in [4.69, 9.17) is 0 Å². The van der Waals surface area contributed by atoms with Crippen LogP contribution in [0.2, 0.25) is 0 Å². The van der Waals surface area contributed by atoms with Crippen molar-refractivity contribution in [2.75, 3.05) is 39.3 Å². The summed E-state index contributed by atoms with van der Waals surface area (Å²) < 4.78 is 0. The first-order valence-electron chi connectivity index (χ1n) is 8.32. The predicted octanol–water partition coefficient (Wildman–Crippen LogP) is -0.454. The smallest absolute Gasteiger partial charge is 0.135 e. The van der Waals surface area contributed by atoms with Crippen LogP contribution in [0.1, 0.15) is 27.7 Å². The molecule has 1 rings (SSSR count). The maximum absolute atomic E-state index is 11.8. The lowest BCUT2D eigenvalue weighted by Crippen LogP contribution is -2.49. The van der Waals surface area contributed by atoms with Crippen LogP contribution in [0.4, 0.5) is 0 Å². The van der Waals surface area contributed by atoms with Gasteiger partial charge in [-0.05, 0) is 27.7 Å². The average molecular weight is 312 g/mol. The molecule has 4 atom stereocenters. The highest BCUT2D eigenvalue weighted by Crippen LogP contribution is 2.06. The first kappa shape index (κ1) is 19.2. The summed E-state index contributed by atoms with van der Waals surface area (Å²) in [5.74, 6) is 0.409. The summed E-state index contributed by atoms with van der Waals surface area (Å²) in [6, 6.07) is 0.281. The van der Waals surface area contributed by atoms with Gasteiger partial charge in [0.15, 0.2) is 0 Å². The number of hydrogen-bond donors (Lipinski definition) is 4. The highest BCUT2D eigenvalue weighted by atomic mass is 16.1. The van der Waals surface area contributed by atoms with E-state index in [-0.39, 0.29) is 35.5 Å². The molecule has 1 aliphatic rings. The van der Waals surface area contributed by atoms with Crippen molar-refractivity contribution < 1.29 is 9.59 Å². The van der Waals surface area contributed by atoms with E-state index < -0.39 is 0 Å². The number of Topliss-reactive ketones (excluding diaryl/α,β-unsaturated/α-hetero) is 2. The molecule has 0 radical (unpaired) electrons. The van der Waals surface area contributed by atoms with E-state index in [0.717, 1.165) is 26.2 Å². The molecule has 1 fully saturated rings. The molecule has 1 heterocycles. The largest absolute Gasteiger partial charge is 0.315 e. The molecule has 6 nitrogen and oxygen atoms in total. The molecular formula is C16H32N4O2. The third-order valence-electron chi connectivity index (χ3n) is 4.52. The van der Waals surface area contributed by atoms with Crippen molar-refractivity contribution in [3.8, 4) is 0 Å². The Morgan fingerprint density at radius 2 is 1.09 bits per heavy atom. The van der Waals surface area contributed by atoms with Crippen LogP contribution in [0.25, 0.3) is 0 Å². The quantitative estimate of drug-likeness (QED) is 0.553. The summed E-state index contributed by atoms with van der Waals surface area (Å²) in [4.78, 5) is 23.5. The zero-order valence-electron chi connectivity index (χ0n) is 14.4. The van der Waals surface area contributed by atoms with Crippen molar-refractivity contribution in [2.45, 2.75) is 39.8 Å². The number of carbonyl (C=O) groups excluding carboxylic acids is 2. The second-order valence-corrected chi connectivity index (χ2v) is 6.33. The Morgan fingerprint density at radius 3 is 1.41 bits per heavy atom. The van der Waals surface area contributed by atoms with Gasteiger partial charge in [0.1, 0.15) is 11.6 Å². The van der Waals surface area contributed by atoms with Gasteiger partial charge < -0.3 is 21.3 Å². The highest BCUT2D eigenvalue weighted by Gasteiger charge is 2.23. The summed E-state index contributed by atoms with van der Waals surface area (Å²) in [5, 5.41) is 13.5. The third-order valence-corrected chi connectivity index (χ3v) is 4.52. The molecule has 0 amide bonds. The lowest BCUT2D eigenvalue weighted by Gasteiger charge is -2.27. The second-order valence-electron chi connectivity index (χ2n) is 6.33. The van der Waals surface area contributed by atoms with E-state index >= 15 is 0 Å². The van der Waals surface area contributed by atoms with Crippen LogP contribution < -0.4 is 21.3 Å². The maximum atomic E-state index is 11.8. The van der Waals surface area contributed by atoms with Crippen molar-refractivity contribution in [2.24, 2.45) is 11.8 Å². The van der Waals surface area contributed by atoms with Gasteiger partial charge >= 0.3 is 0 Å². The van der Waals surface area contributed by atoms with E-state index in [0.29, 0.717) is 13.1 Å². The molecule has 22 heavy (non-hydrogen) atoms. The summed E-state index contributed by atoms with van der Waals surface area (Å²) in [5.41, 5.74) is 0. The van der Waals surface area contributed by atoms with E-state index in [1.807, 2.05) is 0 Å². The van der Waals surface area contributed by atoms with E-state index in [1.54, 1.807) is 13.8 Å². The van der Waals surface area contributed by atoms with Gasteiger partial charge in [-0.2, -0.15) is 0 Å². The normalized spacial score (nSPS) is 32.9. The molecule has 4 unspecified atom stereocenters. The minimum Gasteiger partial charge on any atom is -0.315 e. The van der Waals surface area contributed by atoms with Gasteiger partial charge in [-0.1, -0.05) is 0 Å². The average Bonchev–Trinajstić information content (AvgIpc) is 2.44. The van der Waals surface area contributed by atoms with Gasteiger partial charge in [-0.25, -0.2) is 0 Å².